The van der Waals surface area contributed by atoms with Crippen molar-refractivity contribution in [3.05, 3.63) is 53.2 Å². The van der Waals surface area contributed by atoms with E-state index in [0.29, 0.717) is 12.1 Å². The van der Waals surface area contributed by atoms with Crippen molar-refractivity contribution in [1.29, 1.82) is 0 Å². The second-order valence-electron chi connectivity index (χ2n) is 8.15. The average molecular weight is 418 g/mol. The molecule has 2 saturated heterocycles. The number of rotatable bonds is 4. The summed E-state index contributed by atoms with van der Waals surface area (Å²) in [6.07, 6.45) is 6.29. The van der Waals surface area contributed by atoms with E-state index < -0.39 is 0 Å². The number of hydrogen-bond donors (Lipinski definition) is 2. The Labute approximate surface area is 181 Å². The molecule has 2 N–H and O–H groups in total. The summed E-state index contributed by atoms with van der Waals surface area (Å²) in [5.41, 5.74) is 2.38. The first kappa shape index (κ1) is 19.5. The van der Waals surface area contributed by atoms with E-state index >= 15 is 0 Å². The molecule has 1 atom stereocenters. The van der Waals surface area contributed by atoms with E-state index in [2.05, 4.69) is 73.7 Å². The highest BCUT2D eigenvalue weighted by atomic mass is 32.1. The number of benzene rings is 1. The van der Waals surface area contributed by atoms with Crippen LogP contribution in [-0.2, 0) is 6.54 Å². The Bertz CT molecular complexity index is 1040. The van der Waals surface area contributed by atoms with Crippen molar-refractivity contribution in [2.45, 2.75) is 44.3 Å². The van der Waals surface area contributed by atoms with Crippen molar-refractivity contribution < 1.29 is 0 Å². The molecule has 2 aromatic heterocycles. The van der Waals surface area contributed by atoms with Gasteiger partial charge in [-0.05, 0) is 43.9 Å². The molecule has 0 saturated carbocycles. The summed E-state index contributed by atoms with van der Waals surface area (Å²) in [7, 11) is 0. The van der Waals surface area contributed by atoms with Gasteiger partial charge in [-0.15, -0.1) is 11.3 Å². The Morgan fingerprint density at radius 1 is 1.13 bits per heavy atom. The minimum atomic E-state index is 0.333. The van der Waals surface area contributed by atoms with Crippen LogP contribution in [0.2, 0.25) is 0 Å². The fourth-order valence-corrected chi connectivity index (χ4v) is 5.18. The monoisotopic (exact) mass is 417 g/mol. The predicted octanol–water partition coefficient (Wildman–Crippen LogP) is 3.87. The molecule has 0 amide bonds. The van der Waals surface area contributed by atoms with Gasteiger partial charge in [0.1, 0.15) is 12.1 Å². The number of piperidine rings is 1. The summed E-state index contributed by atoms with van der Waals surface area (Å²) in [4.78, 5) is 12.6. The quantitative estimate of drug-likeness (QED) is 0.631. The smallest absolute Gasteiger partial charge is 0.147 e. The van der Waals surface area contributed by atoms with Gasteiger partial charge in [0.2, 0.25) is 0 Å². The molecule has 0 bridgehead atoms. The van der Waals surface area contributed by atoms with Crippen LogP contribution < -0.4 is 10.6 Å². The van der Waals surface area contributed by atoms with Gasteiger partial charge in [0.15, 0.2) is 0 Å². The molecule has 0 aliphatic carbocycles. The highest BCUT2D eigenvalue weighted by Crippen LogP contribution is 2.30. The fourth-order valence-electron chi connectivity index (χ4n) is 4.26. The summed E-state index contributed by atoms with van der Waals surface area (Å²) < 4.78 is 1.12. The Kier molecular flexibility index (Phi) is 5.94. The second-order valence-corrected chi connectivity index (χ2v) is 9.20. The number of aromatic nitrogens is 2. The molecule has 2 fully saturated rings. The summed E-state index contributed by atoms with van der Waals surface area (Å²) in [5.74, 6) is 7.66. The zero-order valence-electron chi connectivity index (χ0n) is 17.1. The van der Waals surface area contributed by atoms with E-state index in [9.17, 15) is 0 Å². The Morgan fingerprint density at radius 3 is 2.80 bits per heavy atom. The van der Waals surface area contributed by atoms with Gasteiger partial charge in [-0.1, -0.05) is 42.2 Å². The Hall–Kier alpha value is -2.46. The number of anilines is 1. The maximum Gasteiger partial charge on any atom is 0.147 e. The van der Waals surface area contributed by atoms with Crippen LogP contribution in [0.3, 0.4) is 0 Å². The maximum atomic E-state index is 4.55. The molecule has 30 heavy (non-hydrogen) atoms. The molecule has 0 unspecified atom stereocenters. The van der Waals surface area contributed by atoms with E-state index in [1.54, 1.807) is 17.7 Å². The molecule has 0 spiro atoms. The van der Waals surface area contributed by atoms with Gasteiger partial charge in [-0.2, -0.15) is 0 Å². The normalized spacial score (nSPS) is 20.2. The minimum absolute atomic E-state index is 0.333. The molecule has 4 heterocycles. The lowest BCUT2D eigenvalue weighted by Crippen LogP contribution is -2.38. The van der Waals surface area contributed by atoms with E-state index in [1.165, 1.54) is 12.0 Å². The van der Waals surface area contributed by atoms with Crippen molar-refractivity contribution in [2.75, 3.05) is 25.0 Å². The molecule has 0 radical (unpaired) electrons. The van der Waals surface area contributed by atoms with Crippen LogP contribution >= 0.6 is 11.3 Å². The molecule has 3 aromatic rings. The summed E-state index contributed by atoms with van der Waals surface area (Å²) >= 11 is 1.70. The molecule has 1 aromatic carbocycles. The van der Waals surface area contributed by atoms with Crippen LogP contribution in [0.15, 0.2) is 42.7 Å². The first-order chi connectivity index (χ1) is 14.8. The molecule has 6 heteroatoms. The average Bonchev–Trinajstić information content (AvgIpc) is 3.44. The number of fused-ring (bicyclic) bond motifs is 1. The van der Waals surface area contributed by atoms with Crippen LogP contribution in [0, 0.1) is 11.8 Å². The fraction of sp³-hybridized carbons (Fsp3) is 0.417. The molecule has 2 aliphatic rings. The van der Waals surface area contributed by atoms with E-state index in [0.717, 1.165) is 66.4 Å². The van der Waals surface area contributed by atoms with Gasteiger partial charge in [-0.3, -0.25) is 4.90 Å². The van der Waals surface area contributed by atoms with Gasteiger partial charge < -0.3 is 10.6 Å². The van der Waals surface area contributed by atoms with Gasteiger partial charge in [0, 0.05) is 25.7 Å². The number of hydrogen-bond acceptors (Lipinski definition) is 6. The third-order valence-corrected chi connectivity index (χ3v) is 6.96. The largest absolute Gasteiger partial charge is 0.366 e. The highest BCUT2D eigenvalue weighted by molar-refractivity contribution is 7.20. The van der Waals surface area contributed by atoms with Crippen LogP contribution in [0.25, 0.3) is 10.2 Å². The Morgan fingerprint density at radius 2 is 2.00 bits per heavy atom. The van der Waals surface area contributed by atoms with Crippen LogP contribution in [0.4, 0.5) is 5.82 Å². The van der Waals surface area contributed by atoms with Gasteiger partial charge in [0.05, 0.1) is 21.1 Å². The second kappa shape index (κ2) is 9.13. The van der Waals surface area contributed by atoms with E-state index in [1.807, 2.05) is 0 Å². The van der Waals surface area contributed by atoms with Crippen molar-refractivity contribution >= 4 is 27.4 Å². The van der Waals surface area contributed by atoms with Gasteiger partial charge in [0.25, 0.3) is 0 Å². The lowest BCUT2D eigenvalue weighted by Gasteiger charge is -2.32. The SMILES string of the molecule is C(#C[C@H]1CCCN1)c1cc2ncnc(NC3CCN(Cc4ccccc4)CC3)c2s1. The van der Waals surface area contributed by atoms with Crippen molar-refractivity contribution in [3.8, 4) is 11.8 Å². The minimum Gasteiger partial charge on any atom is -0.366 e. The molecule has 154 valence electrons. The standard InChI is InChI=1S/C24H27N5S/c1-2-5-18(6-3-1)16-29-13-10-20(11-14-29)28-24-23-22(26-17-27-24)15-21(30-23)9-8-19-7-4-12-25-19/h1-3,5-6,15,17,19-20,25H,4,7,10-14,16H2,(H,26,27,28)/t19-/m1/s1. The first-order valence-corrected chi connectivity index (χ1v) is 11.7. The summed E-state index contributed by atoms with van der Waals surface area (Å²) in [6.45, 7) is 4.33. The highest BCUT2D eigenvalue weighted by Gasteiger charge is 2.20. The third-order valence-electron chi connectivity index (χ3n) is 5.92. The van der Waals surface area contributed by atoms with Crippen molar-refractivity contribution in [3.63, 3.8) is 0 Å². The molecule has 5 rings (SSSR count). The summed E-state index contributed by atoms with van der Waals surface area (Å²) in [6, 6.07) is 13.6. The van der Waals surface area contributed by atoms with E-state index in [-0.39, 0.29) is 0 Å². The first-order valence-electron chi connectivity index (χ1n) is 10.9. The lowest BCUT2D eigenvalue weighted by molar-refractivity contribution is 0.211. The van der Waals surface area contributed by atoms with Crippen molar-refractivity contribution in [2.24, 2.45) is 0 Å². The van der Waals surface area contributed by atoms with E-state index in [4.69, 9.17) is 0 Å². The van der Waals surface area contributed by atoms with Crippen LogP contribution in [-0.4, -0.2) is 46.6 Å². The van der Waals surface area contributed by atoms with Crippen LogP contribution in [0.1, 0.15) is 36.1 Å². The van der Waals surface area contributed by atoms with Crippen LogP contribution in [0.5, 0.6) is 0 Å². The molecule has 5 nitrogen and oxygen atoms in total. The predicted molar refractivity (Wildman–Crippen MR) is 124 cm³/mol. The topological polar surface area (TPSA) is 53.1 Å². The number of thiophene rings is 1. The molecule has 2 aliphatic heterocycles. The molecular weight excluding hydrogens is 390 g/mol. The number of nitrogens with zero attached hydrogens (tertiary/aromatic N) is 3. The maximum absolute atomic E-state index is 4.55. The number of likely N-dealkylation sites (tertiary alicyclic amines) is 1. The zero-order chi connectivity index (χ0) is 20.2. The van der Waals surface area contributed by atoms with Gasteiger partial charge >= 0.3 is 0 Å². The summed E-state index contributed by atoms with van der Waals surface area (Å²) in [5, 5.41) is 7.12. The lowest BCUT2D eigenvalue weighted by atomic mass is 10.0. The van der Waals surface area contributed by atoms with Gasteiger partial charge in [-0.25, -0.2) is 9.97 Å². The Balaban J connectivity index is 1.22. The zero-order valence-corrected chi connectivity index (χ0v) is 17.9. The third kappa shape index (κ3) is 4.65. The number of nitrogens with one attached hydrogen (secondary N) is 2. The molecular formula is C24H27N5S. The van der Waals surface area contributed by atoms with Crippen molar-refractivity contribution in [1.82, 2.24) is 20.2 Å².